The molecular formula is C11H19NO4. The second-order valence-electron chi connectivity index (χ2n) is 3.95. The number of carboxylic acids is 1. The zero-order valence-electron chi connectivity index (χ0n) is 10.3. The molecule has 5 nitrogen and oxygen atoms in total. The van der Waals surface area contributed by atoms with Crippen LogP contribution in [0.2, 0.25) is 0 Å². The van der Waals surface area contributed by atoms with Crippen LogP contribution in [0.15, 0.2) is 11.3 Å². The van der Waals surface area contributed by atoms with Crippen molar-refractivity contribution in [3.05, 3.63) is 11.3 Å². The predicted octanol–water partition coefficient (Wildman–Crippen LogP) is 1.15. The lowest BCUT2D eigenvalue weighted by Crippen LogP contribution is -2.40. The fraction of sp³-hybridized carbons (Fsp3) is 0.636. The number of hydrogen-bond donors (Lipinski definition) is 2. The van der Waals surface area contributed by atoms with Crippen molar-refractivity contribution < 1.29 is 19.4 Å². The number of ether oxygens (including phenoxy) is 1. The summed E-state index contributed by atoms with van der Waals surface area (Å²) in [5.41, 5.74) is 0.905. The fourth-order valence-electron chi connectivity index (χ4n) is 1.16. The molecule has 16 heavy (non-hydrogen) atoms. The van der Waals surface area contributed by atoms with Gasteiger partial charge >= 0.3 is 11.9 Å². The van der Waals surface area contributed by atoms with Crippen molar-refractivity contribution in [2.45, 2.75) is 33.7 Å². The number of nitrogens with one attached hydrogen (secondary N) is 1. The van der Waals surface area contributed by atoms with E-state index < -0.39 is 18.0 Å². The van der Waals surface area contributed by atoms with Gasteiger partial charge in [-0.3, -0.25) is 0 Å². The molecule has 0 aromatic carbocycles. The molecule has 0 fully saturated rings. The van der Waals surface area contributed by atoms with Gasteiger partial charge in [0.15, 0.2) is 0 Å². The van der Waals surface area contributed by atoms with Gasteiger partial charge < -0.3 is 15.2 Å². The van der Waals surface area contributed by atoms with Crippen molar-refractivity contribution >= 4 is 11.9 Å². The maximum absolute atomic E-state index is 11.2. The zero-order valence-corrected chi connectivity index (χ0v) is 10.3. The van der Waals surface area contributed by atoms with E-state index in [0.29, 0.717) is 11.3 Å². The Morgan fingerprint density at radius 2 is 1.75 bits per heavy atom. The highest BCUT2D eigenvalue weighted by Gasteiger charge is 2.22. The molecule has 0 heterocycles. The zero-order chi connectivity index (χ0) is 12.9. The Morgan fingerprint density at radius 1 is 1.25 bits per heavy atom. The van der Waals surface area contributed by atoms with E-state index in [2.05, 4.69) is 10.1 Å². The van der Waals surface area contributed by atoms with E-state index in [-0.39, 0.29) is 5.92 Å². The summed E-state index contributed by atoms with van der Waals surface area (Å²) in [6, 6.07) is -0.709. The highest BCUT2D eigenvalue weighted by Crippen LogP contribution is 2.08. The van der Waals surface area contributed by atoms with E-state index >= 15 is 0 Å². The summed E-state index contributed by atoms with van der Waals surface area (Å²) in [5.74, 6) is -1.47. The third kappa shape index (κ3) is 3.92. The fourth-order valence-corrected chi connectivity index (χ4v) is 1.16. The summed E-state index contributed by atoms with van der Waals surface area (Å²) < 4.78 is 4.55. The molecule has 0 unspecified atom stereocenters. The van der Waals surface area contributed by atoms with Gasteiger partial charge in [-0.2, -0.15) is 0 Å². The van der Waals surface area contributed by atoms with Crippen LogP contribution in [0.1, 0.15) is 27.7 Å². The number of aliphatic carboxylic acids is 1. The molecule has 0 amide bonds. The van der Waals surface area contributed by atoms with Crippen LogP contribution in [0.5, 0.6) is 0 Å². The highest BCUT2D eigenvalue weighted by atomic mass is 16.5. The average molecular weight is 229 g/mol. The van der Waals surface area contributed by atoms with Crippen LogP contribution >= 0.6 is 0 Å². The third-order valence-corrected chi connectivity index (χ3v) is 2.36. The van der Waals surface area contributed by atoms with Crippen LogP contribution in [-0.4, -0.2) is 30.2 Å². The van der Waals surface area contributed by atoms with E-state index in [1.165, 1.54) is 7.11 Å². The largest absolute Gasteiger partial charge is 0.480 e. The van der Waals surface area contributed by atoms with Crippen molar-refractivity contribution in [1.29, 1.82) is 0 Å². The Balaban J connectivity index is 4.81. The molecule has 0 aliphatic rings. The predicted molar refractivity (Wildman–Crippen MR) is 59.8 cm³/mol. The molecule has 5 heteroatoms. The molecule has 0 aromatic heterocycles. The van der Waals surface area contributed by atoms with Gasteiger partial charge in [0.05, 0.1) is 12.7 Å². The number of carboxylic acid groups (broad SMARTS) is 1. The first kappa shape index (κ1) is 14.5. The minimum Gasteiger partial charge on any atom is -0.480 e. The van der Waals surface area contributed by atoms with Crippen LogP contribution in [0.25, 0.3) is 0 Å². The van der Waals surface area contributed by atoms with E-state index in [0.717, 1.165) is 0 Å². The van der Waals surface area contributed by atoms with Gasteiger partial charge in [0.2, 0.25) is 0 Å². The van der Waals surface area contributed by atoms with Gasteiger partial charge in [-0.05, 0) is 19.8 Å². The van der Waals surface area contributed by atoms with Gasteiger partial charge in [-0.25, -0.2) is 9.59 Å². The summed E-state index contributed by atoms with van der Waals surface area (Å²) in [6.45, 7) is 6.84. The molecule has 0 saturated carbocycles. The minimum absolute atomic E-state index is 0.0714. The van der Waals surface area contributed by atoms with Crippen molar-refractivity contribution in [1.82, 2.24) is 5.32 Å². The second-order valence-corrected chi connectivity index (χ2v) is 3.95. The lowest BCUT2D eigenvalue weighted by atomic mass is 10.0. The maximum atomic E-state index is 11.2. The van der Waals surface area contributed by atoms with Gasteiger partial charge in [-0.15, -0.1) is 0 Å². The number of carbonyl (C=O) groups is 2. The molecular weight excluding hydrogens is 210 g/mol. The molecule has 0 aromatic rings. The van der Waals surface area contributed by atoms with Crippen LogP contribution in [-0.2, 0) is 14.3 Å². The SMILES string of the molecule is COC(=O)/C(C)=C(/C)N[C@@H](C(=O)O)C(C)C. The monoisotopic (exact) mass is 229 g/mol. The molecule has 0 aliphatic carbocycles. The summed E-state index contributed by atoms with van der Waals surface area (Å²) in [6.07, 6.45) is 0. The molecule has 0 aliphatic heterocycles. The van der Waals surface area contributed by atoms with Crippen LogP contribution in [0, 0.1) is 5.92 Å². The van der Waals surface area contributed by atoms with E-state index in [1.807, 2.05) is 0 Å². The normalized spacial score (nSPS) is 14.1. The minimum atomic E-state index is -0.938. The van der Waals surface area contributed by atoms with Crippen molar-refractivity contribution in [2.24, 2.45) is 5.92 Å². The Bertz CT molecular complexity index is 307. The molecule has 0 bridgehead atoms. The van der Waals surface area contributed by atoms with Crippen LogP contribution in [0.3, 0.4) is 0 Å². The Kier molecular flexibility index (Phi) is 5.56. The van der Waals surface area contributed by atoms with Crippen LogP contribution in [0.4, 0.5) is 0 Å². The quantitative estimate of drug-likeness (QED) is 0.546. The van der Waals surface area contributed by atoms with Gasteiger partial charge in [-0.1, -0.05) is 13.8 Å². The molecule has 0 saturated heterocycles. The molecule has 1 atom stereocenters. The van der Waals surface area contributed by atoms with E-state index in [1.54, 1.807) is 27.7 Å². The van der Waals surface area contributed by atoms with E-state index in [9.17, 15) is 9.59 Å². The lowest BCUT2D eigenvalue weighted by molar-refractivity contribution is -0.140. The molecule has 92 valence electrons. The summed E-state index contributed by atoms with van der Waals surface area (Å²) in [7, 11) is 1.29. The molecule has 2 N–H and O–H groups in total. The molecule has 0 spiro atoms. The van der Waals surface area contributed by atoms with Crippen molar-refractivity contribution in [3.8, 4) is 0 Å². The number of rotatable bonds is 5. The lowest BCUT2D eigenvalue weighted by Gasteiger charge is -2.20. The standard InChI is InChI=1S/C11H19NO4/c1-6(2)9(10(13)14)12-8(4)7(3)11(15)16-5/h6,9,12H,1-5H3,(H,13,14)/b8-7-/t9-/m1/s1. The molecule has 0 radical (unpaired) electrons. The number of methoxy groups -OCH3 is 1. The first-order valence-corrected chi connectivity index (χ1v) is 5.06. The second kappa shape index (κ2) is 6.15. The first-order valence-electron chi connectivity index (χ1n) is 5.06. The average Bonchev–Trinajstić information content (AvgIpc) is 2.22. The number of carbonyl (C=O) groups excluding carboxylic acids is 1. The third-order valence-electron chi connectivity index (χ3n) is 2.36. The Morgan fingerprint density at radius 3 is 2.06 bits per heavy atom. The smallest absolute Gasteiger partial charge is 0.335 e. The topological polar surface area (TPSA) is 75.6 Å². The Labute approximate surface area is 95.5 Å². The maximum Gasteiger partial charge on any atom is 0.335 e. The summed E-state index contributed by atoms with van der Waals surface area (Å²) in [5, 5.41) is 11.8. The van der Waals surface area contributed by atoms with Gasteiger partial charge in [0.1, 0.15) is 6.04 Å². The summed E-state index contributed by atoms with van der Waals surface area (Å²) in [4.78, 5) is 22.1. The van der Waals surface area contributed by atoms with Crippen molar-refractivity contribution in [3.63, 3.8) is 0 Å². The van der Waals surface area contributed by atoms with E-state index in [4.69, 9.17) is 5.11 Å². The summed E-state index contributed by atoms with van der Waals surface area (Å²) >= 11 is 0. The number of allylic oxidation sites excluding steroid dienone is 1. The first-order chi connectivity index (χ1) is 7.31. The van der Waals surface area contributed by atoms with Gasteiger partial charge in [0.25, 0.3) is 0 Å². The van der Waals surface area contributed by atoms with Gasteiger partial charge in [0, 0.05) is 5.70 Å². The Hall–Kier alpha value is -1.52. The number of esters is 1. The number of hydrogen-bond acceptors (Lipinski definition) is 4. The van der Waals surface area contributed by atoms with Crippen molar-refractivity contribution in [2.75, 3.05) is 7.11 Å². The highest BCUT2D eigenvalue weighted by molar-refractivity contribution is 5.88. The van der Waals surface area contributed by atoms with Crippen LogP contribution < -0.4 is 5.32 Å². The molecule has 0 rings (SSSR count).